The summed E-state index contributed by atoms with van der Waals surface area (Å²) in [6.07, 6.45) is 2.83. The molecule has 0 radical (unpaired) electrons. The molecule has 2 aliphatic rings. The number of halogens is 5. The quantitative estimate of drug-likeness (QED) is 0.523. The van der Waals surface area contributed by atoms with Crippen molar-refractivity contribution in [2.45, 2.75) is 31.3 Å². The van der Waals surface area contributed by atoms with Crippen LogP contribution in [-0.2, 0) is 0 Å². The Balaban J connectivity index is 1.80. The molecule has 1 aromatic rings. The molecule has 2 fully saturated rings. The summed E-state index contributed by atoms with van der Waals surface area (Å²) in [7, 11) is 0. The topological polar surface area (TPSA) is 15.3 Å². The smallest absolute Gasteiger partial charge is 0.200 e. The molecule has 7 heteroatoms. The summed E-state index contributed by atoms with van der Waals surface area (Å²) in [5, 5.41) is 2.46. The maximum Gasteiger partial charge on any atom is 0.200 e. The van der Waals surface area contributed by atoms with Crippen molar-refractivity contribution in [3.63, 3.8) is 0 Å². The van der Waals surface area contributed by atoms with E-state index in [4.69, 9.17) is 0 Å². The van der Waals surface area contributed by atoms with Crippen LogP contribution in [0.25, 0.3) is 0 Å². The first-order valence-corrected chi connectivity index (χ1v) is 6.51. The van der Waals surface area contributed by atoms with Gasteiger partial charge < -0.3 is 5.32 Å². The Morgan fingerprint density at radius 2 is 1.35 bits per heavy atom. The Morgan fingerprint density at radius 1 is 0.800 bits per heavy atom. The largest absolute Gasteiger partial charge is 0.376 e. The highest BCUT2D eigenvalue weighted by Crippen LogP contribution is 2.32. The molecule has 110 valence electrons. The number of nitrogens with one attached hydrogen (secondary N) is 1. The summed E-state index contributed by atoms with van der Waals surface area (Å²) >= 11 is 0. The molecule has 2 nitrogen and oxygen atoms in total. The van der Waals surface area contributed by atoms with Crippen LogP contribution in [0.3, 0.4) is 0 Å². The van der Waals surface area contributed by atoms with Crippen molar-refractivity contribution < 1.29 is 22.0 Å². The molecule has 1 aliphatic carbocycles. The first kappa shape index (κ1) is 13.6. The van der Waals surface area contributed by atoms with Crippen molar-refractivity contribution in [1.82, 2.24) is 4.90 Å². The summed E-state index contributed by atoms with van der Waals surface area (Å²) in [4.78, 5) is 2.17. The zero-order valence-electron chi connectivity index (χ0n) is 10.5. The lowest BCUT2D eigenvalue weighted by Gasteiger charge is -2.18. The second-order valence-corrected chi connectivity index (χ2v) is 5.30. The molecular weight excluding hydrogens is 279 g/mol. The second-order valence-electron chi connectivity index (χ2n) is 5.30. The SMILES string of the molecule is Fc1c(F)c(F)c(NC2CCN(C3CC3)C2)c(F)c1F. The van der Waals surface area contributed by atoms with Gasteiger partial charge in [0.05, 0.1) is 0 Å². The lowest BCUT2D eigenvalue weighted by Crippen LogP contribution is -2.28. The van der Waals surface area contributed by atoms with Gasteiger partial charge in [0.25, 0.3) is 0 Å². The number of hydrogen-bond acceptors (Lipinski definition) is 2. The van der Waals surface area contributed by atoms with Gasteiger partial charge in [-0.25, -0.2) is 22.0 Å². The van der Waals surface area contributed by atoms with E-state index in [0.29, 0.717) is 19.0 Å². The Morgan fingerprint density at radius 3 is 1.90 bits per heavy atom. The third-order valence-electron chi connectivity index (χ3n) is 3.84. The number of hydrogen-bond donors (Lipinski definition) is 1. The van der Waals surface area contributed by atoms with Crippen LogP contribution in [0.2, 0.25) is 0 Å². The average Bonchev–Trinajstić information content (AvgIpc) is 3.19. The van der Waals surface area contributed by atoms with Crippen LogP contribution in [0, 0.1) is 29.1 Å². The molecule has 1 saturated carbocycles. The van der Waals surface area contributed by atoms with Crippen molar-refractivity contribution in [2.24, 2.45) is 0 Å². The Bertz CT molecular complexity index is 515. The monoisotopic (exact) mass is 292 g/mol. The minimum atomic E-state index is -2.13. The second kappa shape index (κ2) is 4.87. The molecule has 1 N–H and O–H groups in total. The maximum absolute atomic E-state index is 13.5. The fourth-order valence-corrected chi connectivity index (χ4v) is 2.61. The van der Waals surface area contributed by atoms with E-state index in [1.165, 1.54) is 0 Å². The summed E-state index contributed by atoms with van der Waals surface area (Å²) in [6.45, 7) is 1.34. The van der Waals surface area contributed by atoms with E-state index in [1.54, 1.807) is 0 Å². The van der Waals surface area contributed by atoms with Crippen LogP contribution in [0.4, 0.5) is 27.6 Å². The third-order valence-corrected chi connectivity index (χ3v) is 3.84. The normalized spacial score (nSPS) is 23.4. The van der Waals surface area contributed by atoms with E-state index >= 15 is 0 Å². The zero-order valence-corrected chi connectivity index (χ0v) is 10.5. The lowest BCUT2D eigenvalue weighted by molar-refractivity contribution is 0.325. The zero-order chi connectivity index (χ0) is 14.4. The van der Waals surface area contributed by atoms with Gasteiger partial charge in [0.15, 0.2) is 23.3 Å². The van der Waals surface area contributed by atoms with Gasteiger partial charge in [0.2, 0.25) is 5.82 Å². The molecule has 0 amide bonds. The van der Waals surface area contributed by atoms with E-state index in [9.17, 15) is 22.0 Å². The fourth-order valence-electron chi connectivity index (χ4n) is 2.61. The standard InChI is InChI=1S/C13H13F5N2/c14-8-9(15)11(17)13(12(18)10(8)16)19-6-3-4-20(5-6)7-1-2-7/h6-7,19H,1-5H2. The van der Waals surface area contributed by atoms with Gasteiger partial charge in [-0.1, -0.05) is 0 Å². The lowest BCUT2D eigenvalue weighted by atomic mass is 10.2. The van der Waals surface area contributed by atoms with Crippen molar-refractivity contribution in [3.8, 4) is 0 Å². The molecule has 3 rings (SSSR count). The van der Waals surface area contributed by atoms with E-state index < -0.39 is 34.8 Å². The molecule has 20 heavy (non-hydrogen) atoms. The number of benzene rings is 1. The Labute approximate surface area is 112 Å². The van der Waals surface area contributed by atoms with E-state index in [0.717, 1.165) is 19.4 Å². The highest BCUT2D eigenvalue weighted by atomic mass is 19.2. The minimum absolute atomic E-state index is 0.302. The average molecular weight is 292 g/mol. The Kier molecular flexibility index (Phi) is 3.32. The van der Waals surface area contributed by atoms with Gasteiger partial charge in [-0.15, -0.1) is 0 Å². The van der Waals surface area contributed by atoms with E-state index in [1.807, 2.05) is 0 Å². The third kappa shape index (κ3) is 2.24. The van der Waals surface area contributed by atoms with Crippen LogP contribution < -0.4 is 5.32 Å². The van der Waals surface area contributed by atoms with E-state index in [-0.39, 0.29) is 6.04 Å². The molecular formula is C13H13F5N2. The molecule has 0 aromatic heterocycles. The fraction of sp³-hybridized carbons (Fsp3) is 0.538. The molecule has 1 heterocycles. The van der Waals surface area contributed by atoms with Crippen LogP contribution in [0.1, 0.15) is 19.3 Å². The first-order chi connectivity index (χ1) is 9.49. The highest BCUT2D eigenvalue weighted by Gasteiger charge is 2.35. The number of rotatable bonds is 3. The predicted molar refractivity (Wildman–Crippen MR) is 62.9 cm³/mol. The summed E-state index contributed by atoms with van der Waals surface area (Å²) < 4.78 is 66.1. The number of likely N-dealkylation sites (tertiary alicyclic amines) is 1. The Hall–Kier alpha value is -1.37. The van der Waals surface area contributed by atoms with Gasteiger partial charge in [-0.05, 0) is 19.3 Å². The van der Waals surface area contributed by atoms with Crippen molar-refractivity contribution in [3.05, 3.63) is 29.1 Å². The first-order valence-electron chi connectivity index (χ1n) is 6.51. The molecule has 0 bridgehead atoms. The van der Waals surface area contributed by atoms with Gasteiger partial charge in [0.1, 0.15) is 5.69 Å². The summed E-state index contributed by atoms with van der Waals surface area (Å²) in [6, 6.07) is 0.210. The molecule has 1 unspecified atom stereocenters. The van der Waals surface area contributed by atoms with Crippen molar-refractivity contribution in [2.75, 3.05) is 18.4 Å². The van der Waals surface area contributed by atoms with Gasteiger partial charge in [-0.2, -0.15) is 0 Å². The summed E-state index contributed by atoms with van der Waals surface area (Å²) in [5.74, 6) is -9.55. The van der Waals surface area contributed by atoms with Crippen molar-refractivity contribution >= 4 is 5.69 Å². The highest BCUT2D eigenvalue weighted by molar-refractivity contribution is 5.48. The van der Waals surface area contributed by atoms with Gasteiger partial charge in [0, 0.05) is 25.2 Å². The van der Waals surface area contributed by atoms with Crippen LogP contribution in [0.5, 0.6) is 0 Å². The predicted octanol–water partition coefficient (Wildman–Crippen LogP) is 3.03. The van der Waals surface area contributed by atoms with Gasteiger partial charge >= 0.3 is 0 Å². The van der Waals surface area contributed by atoms with E-state index in [2.05, 4.69) is 10.2 Å². The molecule has 1 atom stereocenters. The van der Waals surface area contributed by atoms with Crippen LogP contribution in [0.15, 0.2) is 0 Å². The minimum Gasteiger partial charge on any atom is -0.376 e. The maximum atomic E-state index is 13.5. The number of nitrogens with zero attached hydrogens (tertiary/aromatic N) is 1. The van der Waals surface area contributed by atoms with Crippen LogP contribution >= 0.6 is 0 Å². The molecule has 1 saturated heterocycles. The molecule has 0 spiro atoms. The molecule has 1 aliphatic heterocycles. The van der Waals surface area contributed by atoms with Gasteiger partial charge in [-0.3, -0.25) is 4.90 Å². The van der Waals surface area contributed by atoms with Crippen LogP contribution in [-0.4, -0.2) is 30.1 Å². The number of anilines is 1. The molecule has 1 aromatic carbocycles. The van der Waals surface area contributed by atoms with Crippen molar-refractivity contribution in [1.29, 1.82) is 0 Å². The summed E-state index contributed by atoms with van der Waals surface area (Å²) in [5.41, 5.74) is -0.927.